The van der Waals surface area contributed by atoms with Gasteiger partial charge in [-0.3, -0.25) is 4.79 Å². The average molecular weight is 235 g/mol. The van der Waals surface area contributed by atoms with Crippen LogP contribution in [-0.2, 0) is 0 Å². The standard InChI is InChI=1S/C11H17N5O/c1-13-10-8(9(12)15-16-10)14-11(17)7-5-3-2-4-6-7/h2-6,8-10,13,15-16H,12H2,1H3,(H,14,17). The zero-order valence-corrected chi connectivity index (χ0v) is 9.60. The maximum absolute atomic E-state index is 12.0. The number of benzene rings is 1. The van der Waals surface area contributed by atoms with Gasteiger partial charge < -0.3 is 16.4 Å². The van der Waals surface area contributed by atoms with Crippen LogP contribution in [-0.4, -0.2) is 31.3 Å². The number of hydrogen-bond donors (Lipinski definition) is 5. The summed E-state index contributed by atoms with van der Waals surface area (Å²) >= 11 is 0. The lowest BCUT2D eigenvalue weighted by molar-refractivity contribution is 0.0927. The fourth-order valence-electron chi connectivity index (χ4n) is 1.82. The molecule has 1 fully saturated rings. The van der Waals surface area contributed by atoms with E-state index in [0.29, 0.717) is 5.56 Å². The maximum atomic E-state index is 12.0. The van der Waals surface area contributed by atoms with E-state index in [-0.39, 0.29) is 24.3 Å². The van der Waals surface area contributed by atoms with Gasteiger partial charge in [0.1, 0.15) is 0 Å². The zero-order chi connectivity index (χ0) is 12.3. The monoisotopic (exact) mass is 235 g/mol. The average Bonchev–Trinajstić information content (AvgIpc) is 2.71. The molecule has 6 N–H and O–H groups in total. The number of nitrogens with one attached hydrogen (secondary N) is 4. The predicted molar refractivity (Wildman–Crippen MR) is 64.8 cm³/mol. The van der Waals surface area contributed by atoms with Crippen LogP contribution in [0.15, 0.2) is 30.3 Å². The zero-order valence-electron chi connectivity index (χ0n) is 9.60. The molecule has 2 rings (SSSR count). The molecule has 1 amide bonds. The fourth-order valence-corrected chi connectivity index (χ4v) is 1.82. The smallest absolute Gasteiger partial charge is 0.251 e. The summed E-state index contributed by atoms with van der Waals surface area (Å²) < 4.78 is 0. The van der Waals surface area contributed by atoms with Crippen LogP contribution in [0.4, 0.5) is 0 Å². The van der Waals surface area contributed by atoms with Gasteiger partial charge in [-0.25, -0.2) is 10.9 Å². The summed E-state index contributed by atoms with van der Waals surface area (Å²) in [5.41, 5.74) is 12.3. The van der Waals surface area contributed by atoms with E-state index in [1.54, 1.807) is 19.2 Å². The van der Waals surface area contributed by atoms with Crippen LogP contribution in [0, 0.1) is 0 Å². The second-order valence-corrected chi connectivity index (χ2v) is 3.95. The second-order valence-electron chi connectivity index (χ2n) is 3.95. The molecule has 1 heterocycles. The minimum absolute atomic E-state index is 0.0855. The topological polar surface area (TPSA) is 91.2 Å². The predicted octanol–water partition coefficient (Wildman–Crippen LogP) is -1.28. The Kier molecular flexibility index (Phi) is 3.70. The Morgan fingerprint density at radius 1 is 1.29 bits per heavy atom. The van der Waals surface area contributed by atoms with Crippen molar-refractivity contribution in [3.63, 3.8) is 0 Å². The number of amides is 1. The largest absolute Gasteiger partial charge is 0.343 e. The Balaban J connectivity index is 2.03. The first-order chi connectivity index (χ1) is 8.22. The van der Waals surface area contributed by atoms with Crippen molar-refractivity contribution in [1.82, 2.24) is 21.5 Å². The van der Waals surface area contributed by atoms with Gasteiger partial charge in [-0.05, 0) is 19.2 Å². The molecule has 92 valence electrons. The number of carbonyl (C=O) groups excluding carboxylic acids is 1. The number of likely N-dealkylation sites (N-methyl/N-ethyl adjacent to an activating group) is 1. The van der Waals surface area contributed by atoms with Crippen molar-refractivity contribution in [2.45, 2.75) is 18.4 Å². The van der Waals surface area contributed by atoms with Gasteiger partial charge in [0.2, 0.25) is 0 Å². The van der Waals surface area contributed by atoms with E-state index in [9.17, 15) is 4.79 Å². The minimum Gasteiger partial charge on any atom is -0.343 e. The third-order valence-corrected chi connectivity index (χ3v) is 2.80. The molecule has 1 aromatic rings. The summed E-state index contributed by atoms with van der Waals surface area (Å²) in [4.78, 5) is 12.0. The SMILES string of the molecule is CNC1NNC(N)C1NC(=O)c1ccccc1. The minimum atomic E-state index is -0.319. The second kappa shape index (κ2) is 5.24. The van der Waals surface area contributed by atoms with Crippen molar-refractivity contribution in [3.05, 3.63) is 35.9 Å². The number of rotatable bonds is 3. The third kappa shape index (κ3) is 2.62. The van der Waals surface area contributed by atoms with E-state index < -0.39 is 0 Å². The van der Waals surface area contributed by atoms with Crippen LogP contribution in [0.5, 0.6) is 0 Å². The first-order valence-electron chi connectivity index (χ1n) is 5.52. The van der Waals surface area contributed by atoms with Gasteiger partial charge >= 0.3 is 0 Å². The lowest BCUT2D eigenvalue weighted by atomic mass is 10.1. The van der Waals surface area contributed by atoms with Gasteiger partial charge in [0.25, 0.3) is 5.91 Å². The molecule has 3 atom stereocenters. The summed E-state index contributed by atoms with van der Waals surface area (Å²) in [6.45, 7) is 0. The molecule has 0 saturated carbocycles. The highest BCUT2D eigenvalue weighted by Crippen LogP contribution is 2.03. The molecule has 1 aliphatic rings. The molecule has 0 spiro atoms. The third-order valence-electron chi connectivity index (χ3n) is 2.80. The summed E-state index contributed by atoms with van der Waals surface area (Å²) in [5.74, 6) is -0.128. The summed E-state index contributed by atoms with van der Waals surface area (Å²) in [6, 6.07) is 8.87. The van der Waals surface area contributed by atoms with Crippen LogP contribution in [0.2, 0.25) is 0 Å². The van der Waals surface area contributed by atoms with Gasteiger partial charge in [-0.2, -0.15) is 0 Å². The van der Waals surface area contributed by atoms with E-state index in [1.165, 1.54) is 0 Å². The summed E-state index contributed by atoms with van der Waals surface area (Å²) in [7, 11) is 1.80. The first-order valence-corrected chi connectivity index (χ1v) is 5.52. The Morgan fingerprint density at radius 2 is 2.00 bits per heavy atom. The summed E-state index contributed by atoms with van der Waals surface area (Å²) in [6.07, 6.45) is -0.405. The lowest BCUT2D eigenvalue weighted by Gasteiger charge is -2.21. The van der Waals surface area contributed by atoms with E-state index in [1.807, 2.05) is 18.2 Å². The normalized spacial score (nSPS) is 28.0. The van der Waals surface area contributed by atoms with E-state index in [4.69, 9.17) is 5.73 Å². The lowest BCUT2D eigenvalue weighted by Crippen LogP contribution is -2.55. The van der Waals surface area contributed by atoms with Crippen molar-refractivity contribution in [2.75, 3.05) is 7.05 Å². The highest BCUT2D eigenvalue weighted by Gasteiger charge is 2.33. The molecule has 1 aliphatic heterocycles. The maximum Gasteiger partial charge on any atom is 0.251 e. The van der Waals surface area contributed by atoms with E-state index >= 15 is 0 Å². The molecule has 3 unspecified atom stereocenters. The van der Waals surface area contributed by atoms with Crippen LogP contribution in [0.25, 0.3) is 0 Å². The fraction of sp³-hybridized carbons (Fsp3) is 0.364. The Morgan fingerprint density at radius 3 is 2.65 bits per heavy atom. The molecule has 0 aromatic heterocycles. The summed E-state index contributed by atoms with van der Waals surface area (Å²) in [5, 5.41) is 5.93. The molecular formula is C11H17N5O. The van der Waals surface area contributed by atoms with Crippen molar-refractivity contribution in [3.8, 4) is 0 Å². The molecule has 17 heavy (non-hydrogen) atoms. The molecule has 6 heteroatoms. The molecular weight excluding hydrogens is 218 g/mol. The Hall–Kier alpha value is -1.47. The molecule has 0 aliphatic carbocycles. The molecule has 1 aromatic carbocycles. The van der Waals surface area contributed by atoms with Crippen molar-refractivity contribution in [2.24, 2.45) is 5.73 Å². The number of carbonyl (C=O) groups is 1. The Bertz CT molecular complexity index is 383. The Labute approximate surface area is 99.9 Å². The van der Waals surface area contributed by atoms with Crippen LogP contribution < -0.4 is 27.2 Å². The number of hydrogen-bond acceptors (Lipinski definition) is 5. The van der Waals surface area contributed by atoms with Crippen molar-refractivity contribution >= 4 is 5.91 Å². The van der Waals surface area contributed by atoms with Crippen LogP contribution in [0.3, 0.4) is 0 Å². The highest BCUT2D eigenvalue weighted by atomic mass is 16.1. The van der Waals surface area contributed by atoms with Gasteiger partial charge in [0.15, 0.2) is 0 Å². The first kappa shape index (κ1) is 12.0. The van der Waals surface area contributed by atoms with Gasteiger partial charge in [-0.1, -0.05) is 18.2 Å². The van der Waals surface area contributed by atoms with Gasteiger partial charge in [0, 0.05) is 5.56 Å². The van der Waals surface area contributed by atoms with Gasteiger partial charge in [0.05, 0.1) is 18.4 Å². The molecule has 6 nitrogen and oxygen atoms in total. The van der Waals surface area contributed by atoms with Gasteiger partial charge in [-0.15, -0.1) is 0 Å². The van der Waals surface area contributed by atoms with E-state index in [2.05, 4.69) is 21.5 Å². The highest BCUT2D eigenvalue weighted by molar-refractivity contribution is 5.94. The quantitative estimate of drug-likeness (QED) is 0.450. The van der Waals surface area contributed by atoms with Crippen molar-refractivity contribution < 1.29 is 4.79 Å². The molecule has 0 radical (unpaired) electrons. The number of nitrogens with two attached hydrogens (primary N) is 1. The van der Waals surface area contributed by atoms with E-state index in [0.717, 1.165) is 0 Å². The molecule has 0 bridgehead atoms. The number of hydrazine groups is 1. The van der Waals surface area contributed by atoms with Crippen LogP contribution in [0.1, 0.15) is 10.4 Å². The molecule has 1 saturated heterocycles. The van der Waals surface area contributed by atoms with Crippen LogP contribution >= 0.6 is 0 Å². The van der Waals surface area contributed by atoms with Crippen molar-refractivity contribution in [1.29, 1.82) is 0 Å².